The van der Waals surface area contributed by atoms with Crippen LogP contribution in [0.1, 0.15) is 6.92 Å². The maximum absolute atomic E-state index is 10.8. The minimum absolute atomic E-state index is 0.130. The topological polar surface area (TPSA) is 26.3 Å². The summed E-state index contributed by atoms with van der Waals surface area (Å²) >= 11 is 0. The van der Waals surface area contributed by atoms with Gasteiger partial charge in [-0.15, -0.1) is 0 Å². The number of hydrogen-bond donors (Lipinski definition) is 0. The molecule has 0 N–H and O–H groups in total. The maximum atomic E-state index is 10.8. The lowest BCUT2D eigenvalue weighted by Crippen LogP contribution is -2.40. The van der Waals surface area contributed by atoms with Gasteiger partial charge in [0.2, 0.25) is 0 Å². The monoisotopic (exact) mass is 146 g/mol. The van der Waals surface area contributed by atoms with Gasteiger partial charge in [-0.05, 0) is 6.92 Å². The Balaban J connectivity index is 3.58. The van der Waals surface area contributed by atoms with E-state index >= 15 is 0 Å². The van der Waals surface area contributed by atoms with Crippen LogP contribution in [0.2, 0.25) is 0 Å². The SMILES string of the molecule is CCOC(=O)C[N+](C)(C)C. The second kappa shape index (κ2) is 3.56. The van der Waals surface area contributed by atoms with Crippen molar-refractivity contribution in [2.24, 2.45) is 0 Å². The van der Waals surface area contributed by atoms with Crippen LogP contribution in [0, 0.1) is 0 Å². The summed E-state index contributed by atoms with van der Waals surface area (Å²) in [5.74, 6) is -0.130. The highest BCUT2D eigenvalue weighted by molar-refractivity contribution is 5.70. The normalized spacial score (nSPS) is 11.2. The van der Waals surface area contributed by atoms with Crippen LogP contribution >= 0.6 is 0 Å². The molecule has 0 radical (unpaired) electrons. The number of carbonyl (C=O) groups excluding carboxylic acids is 1. The molecule has 0 atom stereocenters. The summed E-state index contributed by atoms with van der Waals surface area (Å²) in [6.45, 7) is 2.72. The Morgan fingerprint density at radius 2 is 1.90 bits per heavy atom. The molecule has 60 valence electrons. The number of esters is 1. The molecule has 0 spiro atoms. The van der Waals surface area contributed by atoms with Crippen LogP contribution in [-0.4, -0.2) is 44.7 Å². The van der Waals surface area contributed by atoms with Crippen LogP contribution in [0.3, 0.4) is 0 Å². The van der Waals surface area contributed by atoms with Crippen LogP contribution in [0.5, 0.6) is 0 Å². The molecular weight excluding hydrogens is 130 g/mol. The van der Waals surface area contributed by atoms with E-state index in [0.717, 1.165) is 0 Å². The van der Waals surface area contributed by atoms with Gasteiger partial charge in [0.15, 0.2) is 6.54 Å². The smallest absolute Gasteiger partial charge is 0.361 e. The molecule has 3 heteroatoms. The molecule has 10 heavy (non-hydrogen) atoms. The Kier molecular flexibility index (Phi) is 3.36. The van der Waals surface area contributed by atoms with Crippen molar-refractivity contribution in [1.82, 2.24) is 0 Å². The summed E-state index contributed by atoms with van der Waals surface area (Å²) < 4.78 is 5.39. The second-order valence-electron chi connectivity index (χ2n) is 3.25. The highest BCUT2D eigenvalue weighted by atomic mass is 16.5. The van der Waals surface area contributed by atoms with Crippen LogP contribution in [0.4, 0.5) is 0 Å². The van der Waals surface area contributed by atoms with Crippen LogP contribution in [0.15, 0.2) is 0 Å². The highest BCUT2D eigenvalue weighted by Crippen LogP contribution is 1.90. The molecule has 0 aromatic carbocycles. The zero-order valence-electron chi connectivity index (χ0n) is 7.18. The number of quaternary nitrogens is 1. The first-order valence-corrected chi connectivity index (χ1v) is 3.42. The van der Waals surface area contributed by atoms with E-state index in [1.54, 1.807) is 0 Å². The zero-order chi connectivity index (χ0) is 8.20. The summed E-state index contributed by atoms with van der Waals surface area (Å²) in [6, 6.07) is 0. The standard InChI is InChI=1S/C7H16NO2/c1-5-10-7(9)6-8(2,3)4/h5-6H2,1-4H3/q+1. The molecule has 0 aliphatic heterocycles. The molecular formula is C7H16NO2+. The average molecular weight is 146 g/mol. The van der Waals surface area contributed by atoms with Crippen molar-refractivity contribution in [3.63, 3.8) is 0 Å². The van der Waals surface area contributed by atoms with E-state index < -0.39 is 0 Å². The van der Waals surface area contributed by atoms with E-state index in [4.69, 9.17) is 4.74 Å². The summed E-state index contributed by atoms with van der Waals surface area (Å²) in [6.07, 6.45) is 0. The molecule has 0 bridgehead atoms. The summed E-state index contributed by atoms with van der Waals surface area (Å²) in [7, 11) is 5.87. The van der Waals surface area contributed by atoms with E-state index in [0.29, 0.717) is 17.6 Å². The van der Waals surface area contributed by atoms with Crippen molar-refractivity contribution in [3.05, 3.63) is 0 Å². The lowest BCUT2D eigenvalue weighted by atomic mass is 10.5. The van der Waals surface area contributed by atoms with Gasteiger partial charge in [-0.3, -0.25) is 0 Å². The quantitative estimate of drug-likeness (QED) is 0.421. The predicted octanol–water partition coefficient (Wildman–Crippen LogP) is 0.256. The maximum Gasteiger partial charge on any atom is 0.361 e. The van der Waals surface area contributed by atoms with Crippen molar-refractivity contribution >= 4 is 5.97 Å². The third-order valence-electron chi connectivity index (χ3n) is 0.909. The van der Waals surface area contributed by atoms with E-state index in [9.17, 15) is 4.79 Å². The Labute approximate surface area is 62.2 Å². The molecule has 0 aromatic heterocycles. The van der Waals surface area contributed by atoms with Gasteiger partial charge in [0.05, 0.1) is 27.7 Å². The fraction of sp³-hybridized carbons (Fsp3) is 0.857. The Morgan fingerprint density at radius 1 is 1.40 bits per heavy atom. The molecule has 0 aliphatic carbocycles. The van der Waals surface area contributed by atoms with Crippen molar-refractivity contribution in [2.45, 2.75) is 6.92 Å². The van der Waals surface area contributed by atoms with Crippen molar-refractivity contribution in [3.8, 4) is 0 Å². The number of nitrogens with zero attached hydrogens (tertiary/aromatic N) is 1. The van der Waals surface area contributed by atoms with Gasteiger partial charge in [-0.1, -0.05) is 0 Å². The molecule has 3 nitrogen and oxygen atoms in total. The first-order valence-electron chi connectivity index (χ1n) is 3.42. The third-order valence-corrected chi connectivity index (χ3v) is 0.909. The first kappa shape index (κ1) is 9.43. The molecule has 0 unspecified atom stereocenters. The Morgan fingerprint density at radius 3 is 2.20 bits per heavy atom. The first-order chi connectivity index (χ1) is 4.45. The Hall–Kier alpha value is -0.570. The molecule has 0 saturated carbocycles. The second-order valence-corrected chi connectivity index (χ2v) is 3.25. The predicted molar refractivity (Wildman–Crippen MR) is 39.5 cm³/mol. The molecule has 0 fully saturated rings. The van der Waals surface area contributed by atoms with E-state index in [1.807, 2.05) is 28.1 Å². The molecule has 0 saturated heterocycles. The van der Waals surface area contributed by atoms with Gasteiger partial charge >= 0.3 is 5.97 Å². The van der Waals surface area contributed by atoms with Crippen molar-refractivity contribution < 1.29 is 14.0 Å². The number of likely N-dealkylation sites (N-methyl/N-ethyl adjacent to an activating group) is 1. The lowest BCUT2D eigenvalue weighted by Gasteiger charge is -2.21. The fourth-order valence-electron chi connectivity index (χ4n) is 0.594. The van der Waals surface area contributed by atoms with Crippen LogP contribution in [0.25, 0.3) is 0 Å². The van der Waals surface area contributed by atoms with E-state index in [2.05, 4.69) is 0 Å². The molecule has 0 aromatic rings. The molecule has 0 amide bonds. The minimum Gasteiger partial charge on any atom is -0.462 e. The average Bonchev–Trinajstić information content (AvgIpc) is 1.59. The zero-order valence-corrected chi connectivity index (χ0v) is 7.18. The summed E-state index contributed by atoms with van der Waals surface area (Å²) in [5.41, 5.74) is 0. The minimum atomic E-state index is -0.130. The van der Waals surface area contributed by atoms with Gasteiger partial charge in [-0.2, -0.15) is 0 Å². The molecule has 0 rings (SSSR count). The molecule has 0 aliphatic rings. The van der Waals surface area contributed by atoms with Gasteiger partial charge < -0.3 is 9.22 Å². The molecule has 0 heterocycles. The fourth-order valence-corrected chi connectivity index (χ4v) is 0.594. The summed E-state index contributed by atoms with van der Waals surface area (Å²) in [5, 5.41) is 0. The largest absolute Gasteiger partial charge is 0.462 e. The van der Waals surface area contributed by atoms with Crippen molar-refractivity contribution in [1.29, 1.82) is 0 Å². The lowest BCUT2D eigenvalue weighted by molar-refractivity contribution is -0.862. The number of rotatable bonds is 3. The highest BCUT2D eigenvalue weighted by Gasteiger charge is 2.14. The van der Waals surface area contributed by atoms with Gasteiger partial charge in [0.1, 0.15) is 0 Å². The third kappa shape index (κ3) is 5.56. The van der Waals surface area contributed by atoms with Gasteiger partial charge in [0.25, 0.3) is 0 Å². The van der Waals surface area contributed by atoms with Crippen molar-refractivity contribution in [2.75, 3.05) is 34.3 Å². The number of ether oxygens (including phenoxy) is 1. The Bertz CT molecular complexity index is 115. The van der Waals surface area contributed by atoms with Crippen LogP contribution in [-0.2, 0) is 9.53 Å². The van der Waals surface area contributed by atoms with Gasteiger partial charge in [-0.25, -0.2) is 4.79 Å². The van der Waals surface area contributed by atoms with E-state index in [1.165, 1.54) is 0 Å². The summed E-state index contributed by atoms with van der Waals surface area (Å²) in [4.78, 5) is 10.8. The van der Waals surface area contributed by atoms with E-state index in [-0.39, 0.29) is 5.97 Å². The number of carbonyl (C=O) groups is 1. The van der Waals surface area contributed by atoms with Crippen LogP contribution < -0.4 is 0 Å². The van der Waals surface area contributed by atoms with Gasteiger partial charge in [0, 0.05) is 0 Å². The number of hydrogen-bond acceptors (Lipinski definition) is 2.